The van der Waals surface area contributed by atoms with Gasteiger partial charge in [0.15, 0.2) is 5.82 Å². The van der Waals surface area contributed by atoms with Crippen molar-refractivity contribution >= 4 is 17.4 Å². The van der Waals surface area contributed by atoms with Crippen LogP contribution in [0.5, 0.6) is 0 Å². The second-order valence-electron chi connectivity index (χ2n) is 6.67. The quantitative estimate of drug-likeness (QED) is 0.919. The lowest BCUT2D eigenvalue weighted by Crippen LogP contribution is -2.49. The molecule has 3 heterocycles. The van der Waals surface area contributed by atoms with Gasteiger partial charge in [-0.1, -0.05) is 18.2 Å². The van der Waals surface area contributed by atoms with E-state index in [0.29, 0.717) is 12.6 Å². The van der Waals surface area contributed by atoms with Gasteiger partial charge in [-0.2, -0.15) is 5.10 Å². The topological polar surface area (TPSA) is 61.4 Å². The number of amides is 1. The van der Waals surface area contributed by atoms with Crippen molar-refractivity contribution in [2.45, 2.75) is 25.3 Å². The van der Waals surface area contributed by atoms with Gasteiger partial charge in [-0.15, -0.1) is 5.10 Å². The Morgan fingerprint density at radius 3 is 3.00 bits per heavy atom. The number of benzene rings is 1. The van der Waals surface area contributed by atoms with E-state index in [1.807, 2.05) is 35.2 Å². The van der Waals surface area contributed by atoms with Crippen LogP contribution in [0.4, 0.5) is 11.5 Å². The number of nitrogens with zero attached hydrogens (tertiary/aromatic N) is 4. The smallest absolute Gasteiger partial charge is 0.240 e. The molecule has 1 N–H and O–H groups in total. The van der Waals surface area contributed by atoms with Crippen molar-refractivity contribution in [3.05, 3.63) is 48.2 Å². The molecule has 1 amide bonds. The first kappa shape index (κ1) is 16.0. The van der Waals surface area contributed by atoms with E-state index < -0.39 is 0 Å². The first-order valence-electron chi connectivity index (χ1n) is 8.95. The predicted molar refractivity (Wildman–Crippen MR) is 97.8 cm³/mol. The van der Waals surface area contributed by atoms with Gasteiger partial charge in [0.25, 0.3) is 0 Å². The summed E-state index contributed by atoms with van der Waals surface area (Å²) in [6.45, 7) is 3.02. The number of nitrogens with one attached hydrogen (secondary N) is 1. The number of para-hydroxylation sites is 1. The van der Waals surface area contributed by atoms with Crippen molar-refractivity contribution in [2.75, 3.05) is 36.0 Å². The second-order valence-corrected chi connectivity index (χ2v) is 6.67. The van der Waals surface area contributed by atoms with Gasteiger partial charge in [0, 0.05) is 37.6 Å². The molecule has 25 heavy (non-hydrogen) atoms. The summed E-state index contributed by atoms with van der Waals surface area (Å²) >= 11 is 0. The lowest BCUT2D eigenvalue weighted by Gasteiger charge is -2.34. The summed E-state index contributed by atoms with van der Waals surface area (Å²) in [7, 11) is 0. The fraction of sp³-hybridized carbons (Fsp3) is 0.421. The normalized spacial score (nSPS) is 19.8. The molecule has 0 radical (unpaired) electrons. The maximum Gasteiger partial charge on any atom is 0.240 e. The van der Waals surface area contributed by atoms with Crippen molar-refractivity contribution in [3.8, 4) is 0 Å². The van der Waals surface area contributed by atoms with E-state index in [4.69, 9.17) is 0 Å². The van der Waals surface area contributed by atoms with Crippen LogP contribution in [-0.4, -0.2) is 48.3 Å². The summed E-state index contributed by atoms with van der Waals surface area (Å²) in [5, 5.41) is 11.6. The largest absolute Gasteiger partial charge is 0.354 e. The molecule has 130 valence electrons. The van der Waals surface area contributed by atoms with E-state index in [9.17, 15) is 4.79 Å². The number of fused-ring (bicyclic) bond motifs is 1. The number of carbonyl (C=O) groups excluding carboxylic acids is 1. The number of hydrogen-bond donors (Lipinski definition) is 1. The molecule has 0 bridgehead atoms. The molecule has 1 saturated heterocycles. The van der Waals surface area contributed by atoms with Crippen LogP contribution in [0.15, 0.2) is 42.6 Å². The van der Waals surface area contributed by atoms with Crippen LogP contribution in [0.3, 0.4) is 0 Å². The van der Waals surface area contributed by atoms with Crippen LogP contribution < -0.4 is 15.1 Å². The average Bonchev–Trinajstić information content (AvgIpc) is 3.11. The van der Waals surface area contributed by atoms with Crippen molar-refractivity contribution < 1.29 is 4.79 Å². The number of anilines is 2. The molecule has 0 saturated carbocycles. The lowest BCUT2D eigenvalue weighted by atomic mass is 10.1. The van der Waals surface area contributed by atoms with Gasteiger partial charge in [-0.25, -0.2) is 0 Å². The SMILES string of the molecule is O=C(CNC1CCCN(c2cccnn2)C1)N1CCc2ccccc21. The highest BCUT2D eigenvalue weighted by atomic mass is 16.2. The molecular weight excluding hydrogens is 314 g/mol. The summed E-state index contributed by atoms with van der Waals surface area (Å²) in [6.07, 6.45) is 4.82. The van der Waals surface area contributed by atoms with Gasteiger partial charge in [0.1, 0.15) is 0 Å². The summed E-state index contributed by atoms with van der Waals surface area (Å²) in [5.74, 6) is 1.07. The minimum atomic E-state index is 0.154. The number of aromatic nitrogens is 2. The molecule has 0 aliphatic carbocycles. The molecule has 6 nitrogen and oxygen atoms in total. The third kappa shape index (κ3) is 3.49. The summed E-state index contributed by atoms with van der Waals surface area (Å²) in [4.78, 5) is 16.8. The highest BCUT2D eigenvalue weighted by molar-refractivity contribution is 5.96. The van der Waals surface area contributed by atoms with E-state index in [0.717, 1.165) is 50.4 Å². The third-order valence-corrected chi connectivity index (χ3v) is 5.03. The fourth-order valence-electron chi connectivity index (χ4n) is 3.74. The van der Waals surface area contributed by atoms with Crippen LogP contribution >= 0.6 is 0 Å². The summed E-state index contributed by atoms with van der Waals surface area (Å²) < 4.78 is 0. The van der Waals surface area contributed by atoms with Gasteiger partial charge in [0.2, 0.25) is 5.91 Å². The second kappa shape index (κ2) is 7.19. The molecule has 6 heteroatoms. The number of carbonyl (C=O) groups is 1. The first-order chi connectivity index (χ1) is 12.3. The van der Waals surface area contributed by atoms with Gasteiger partial charge in [0.05, 0.1) is 6.54 Å². The van der Waals surface area contributed by atoms with Crippen molar-refractivity contribution in [1.82, 2.24) is 15.5 Å². The number of piperidine rings is 1. The van der Waals surface area contributed by atoms with E-state index in [1.54, 1.807) is 6.20 Å². The molecule has 1 atom stereocenters. The van der Waals surface area contributed by atoms with Crippen LogP contribution in [0.1, 0.15) is 18.4 Å². The first-order valence-corrected chi connectivity index (χ1v) is 8.95. The van der Waals surface area contributed by atoms with Gasteiger partial charge in [-0.3, -0.25) is 4.79 Å². The van der Waals surface area contributed by atoms with Gasteiger partial charge >= 0.3 is 0 Å². The van der Waals surface area contributed by atoms with E-state index in [-0.39, 0.29) is 5.91 Å². The molecule has 1 aromatic heterocycles. The highest BCUT2D eigenvalue weighted by Crippen LogP contribution is 2.27. The Bertz CT molecular complexity index is 736. The van der Waals surface area contributed by atoms with E-state index in [1.165, 1.54) is 5.56 Å². The zero-order valence-electron chi connectivity index (χ0n) is 14.3. The third-order valence-electron chi connectivity index (χ3n) is 5.03. The summed E-state index contributed by atoms with van der Waals surface area (Å²) in [6, 6.07) is 12.4. The Kier molecular flexibility index (Phi) is 4.61. The summed E-state index contributed by atoms with van der Waals surface area (Å²) in [5.41, 5.74) is 2.33. The van der Waals surface area contributed by atoms with Gasteiger partial charge in [-0.05, 0) is 43.0 Å². The molecule has 2 aliphatic rings. The van der Waals surface area contributed by atoms with Crippen molar-refractivity contribution in [2.24, 2.45) is 0 Å². The predicted octanol–water partition coefficient (Wildman–Crippen LogP) is 1.62. The minimum absolute atomic E-state index is 0.154. The zero-order valence-corrected chi connectivity index (χ0v) is 14.3. The van der Waals surface area contributed by atoms with E-state index >= 15 is 0 Å². The Morgan fingerprint density at radius 1 is 1.20 bits per heavy atom. The zero-order chi connectivity index (χ0) is 17.1. The average molecular weight is 337 g/mol. The van der Waals surface area contributed by atoms with Crippen LogP contribution in [0, 0.1) is 0 Å². The molecule has 1 unspecified atom stereocenters. The molecule has 4 rings (SSSR count). The molecule has 0 spiro atoms. The maximum absolute atomic E-state index is 12.6. The lowest BCUT2D eigenvalue weighted by molar-refractivity contribution is -0.117. The Hall–Kier alpha value is -2.47. The molecule has 2 aromatic rings. The highest BCUT2D eigenvalue weighted by Gasteiger charge is 2.26. The Morgan fingerprint density at radius 2 is 2.12 bits per heavy atom. The molecule has 1 aromatic carbocycles. The number of hydrogen-bond acceptors (Lipinski definition) is 5. The van der Waals surface area contributed by atoms with Crippen LogP contribution in [0.25, 0.3) is 0 Å². The van der Waals surface area contributed by atoms with Crippen LogP contribution in [-0.2, 0) is 11.2 Å². The maximum atomic E-state index is 12.6. The van der Waals surface area contributed by atoms with E-state index in [2.05, 4.69) is 26.5 Å². The van der Waals surface area contributed by atoms with Crippen molar-refractivity contribution in [1.29, 1.82) is 0 Å². The Labute approximate surface area is 147 Å². The van der Waals surface area contributed by atoms with Crippen LogP contribution in [0.2, 0.25) is 0 Å². The molecule has 2 aliphatic heterocycles. The number of rotatable bonds is 4. The van der Waals surface area contributed by atoms with Crippen molar-refractivity contribution in [3.63, 3.8) is 0 Å². The molecular formula is C19H23N5O. The fourth-order valence-corrected chi connectivity index (χ4v) is 3.74. The molecule has 1 fully saturated rings. The standard InChI is InChI=1S/C19H23N5O/c25-19(24-12-9-15-5-1-2-7-17(15)24)13-20-16-6-4-11-23(14-16)18-8-3-10-21-22-18/h1-3,5,7-8,10,16,20H,4,6,9,11-14H2. The Balaban J connectivity index is 1.33. The van der Waals surface area contributed by atoms with Gasteiger partial charge < -0.3 is 15.1 Å². The minimum Gasteiger partial charge on any atom is -0.354 e. The monoisotopic (exact) mass is 337 g/mol.